The Morgan fingerprint density at radius 2 is 1.92 bits per heavy atom. The highest BCUT2D eigenvalue weighted by atomic mass is 32.2. The molecule has 0 atom stereocenters. The number of hydrogen-bond acceptors (Lipinski definition) is 5. The maximum absolute atomic E-state index is 12.2. The standard InChI is InChI=1S/C17H24N4O2S/c1-5-20(6-2)15(22)12-24-17-19-18-16(21(17)7-3)13-10-8-9-11-14(13)23-4/h8-11H,5-7,12H2,1-4H3. The number of carbonyl (C=O) groups excluding carboxylic acids is 1. The molecule has 0 saturated carbocycles. The molecule has 130 valence electrons. The number of para-hydroxylation sites is 1. The first kappa shape index (κ1) is 18.3. The molecule has 6 nitrogen and oxygen atoms in total. The molecule has 0 aliphatic carbocycles. The second-order valence-corrected chi connectivity index (χ2v) is 6.05. The van der Waals surface area contributed by atoms with Gasteiger partial charge in [-0.15, -0.1) is 10.2 Å². The molecule has 0 aliphatic rings. The number of nitrogens with zero attached hydrogens (tertiary/aromatic N) is 4. The zero-order valence-electron chi connectivity index (χ0n) is 14.7. The number of thioether (sulfide) groups is 1. The van der Waals surface area contributed by atoms with Crippen LogP contribution in [-0.2, 0) is 11.3 Å². The van der Waals surface area contributed by atoms with Gasteiger partial charge in [0, 0.05) is 19.6 Å². The lowest BCUT2D eigenvalue weighted by Crippen LogP contribution is -2.31. The summed E-state index contributed by atoms with van der Waals surface area (Å²) in [6, 6.07) is 7.74. The number of benzene rings is 1. The molecule has 0 bridgehead atoms. The van der Waals surface area contributed by atoms with Crippen molar-refractivity contribution in [3.05, 3.63) is 24.3 Å². The van der Waals surface area contributed by atoms with Crippen LogP contribution in [0.2, 0.25) is 0 Å². The van der Waals surface area contributed by atoms with E-state index >= 15 is 0 Å². The van der Waals surface area contributed by atoms with Gasteiger partial charge in [0.2, 0.25) is 5.91 Å². The summed E-state index contributed by atoms with van der Waals surface area (Å²) in [5.74, 6) is 2.00. The molecule has 24 heavy (non-hydrogen) atoms. The summed E-state index contributed by atoms with van der Waals surface area (Å²) >= 11 is 1.43. The van der Waals surface area contributed by atoms with Crippen LogP contribution in [0.4, 0.5) is 0 Å². The fourth-order valence-corrected chi connectivity index (χ4v) is 3.41. The molecule has 1 aromatic carbocycles. The van der Waals surface area contributed by atoms with Crippen molar-refractivity contribution in [1.82, 2.24) is 19.7 Å². The van der Waals surface area contributed by atoms with Gasteiger partial charge in [-0.3, -0.25) is 4.79 Å². The fraction of sp³-hybridized carbons (Fsp3) is 0.471. The Hall–Kier alpha value is -2.02. The molecule has 1 heterocycles. The van der Waals surface area contributed by atoms with Gasteiger partial charge in [-0.05, 0) is 32.9 Å². The highest BCUT2D eigenvalue weighted by molar-refractivity contribution is 7.99. The van der Waals surface area contributed by atoms with E-state index in [1.165, 1.54) is 11.8 Å². The molecule has 1 amide bonds. The van der Waals surface area contributed by atoms with E-state index in [2.05, 4.69) is 10.2 Å². The highest BCUT2D eigenvalue weighted by Crippen LogP contribution is 2.30. The summed E-state index contributed by atoms with van der Waals surface area (Å²) in [7, 11) is 1.64. The molecule has 0 unspecified atom stereocenters. The average Bonchev–Trinajstić information content (AvgIpc) is 3.03. The van der Waals surface area contributed by atoms with E-state index < -0.39 is 0 Å². The first-order chi connectivity index (χ1) is 11.7. The quantitative estimate of drug-likeness (QED) is 0.687. The third-order valence-corrected chi connectivity index (χ3v) is 4.77. The Bertz CT molecular complexity index is 683. The van der Waals surface area contributed by atoms with Gasteiger partial charge in [0.15, 0.2) is 11.0 Å². The molecule has 0 aliphatic heterocycles. The van der Waals surface area contributed by atoms with E-state index in [0.29, 0.717) is 5.75 Å². The minimum absolute atomic E-state index is 0.120. The molecule has 0 fully saturated rings. The molecule has 7 heteroatoms. The first-order valence-corrected chi connectivity index (χ1v) is 9.11. The van der Waals surface area contributed by atoms with Crippen molar-refractivity contribution in [2.75, 3.05) is 26.0 Å². The number of carbonyl (C=O) groups is 1. The molecule has 0 spiro atoms. The smallest absolute Gasteiger partial charge is 0.233 e. The van der Waals surface area contributed by atoms with E-state index in [0.717, 1.165) is 41.9 Å². The van der Waals surface area contributed by atoms with Gasteiger partial charge in [-0.25, -0.2) is 0 Å². The van der Waals surface area contributed by atoms with E-state index in [1.807, 2.05) is 54.5 Å². The average molecular weight is 348 g/mol. The second-order valence-electron chi connectivity index (χ2n) is 5.11. The van der Waals surface area contributed by atoms with Crippen molar-refractivity contribution in [3.8, 4) is 17.1 Å². The molecular weight excluding hydrogens is 324 g/mol. The number of ether oxygens (including phenoxy) is 1. The van der Waals surface area contributed by atoms with Gasteiger partial charge in [0.25, 0.3) is 0 Å². The zero-order chi connectivity index (χ0) is 17.5. The maximum atomic E-state index is 12.2. The molecule has 2 rings (SSSR count). The molecule has 0 saturated heterocycles. The third kappa shape index (κ3) is 3.90. The minimum Gasteiger partial charge on any atom is -0.496 e. The van der Waals surface area contributed by atoms with Crippen LogP contribution in [0.3, 0.4) is 0 Å². The molecule has 1 aromatic heterocycles. The summed E-state index contributed by atoms with van der Waals surface area (Å²) < 4.78 is 7.43. The molecule has 0 N–H and O–H groups in total. The van der Waals surface area contributed by atoms with Crippen LogP contribution >= 0.6 is 11.8 Å². The highest BCUT2D eigenvalue weighted by Gasteiger charge is 2.18. The largest absolute Gasteiger partial charge is 0.496 e. The summed E-state index contributed by atoms with van der Waals surface area (Å²) in [5, 5.41) is 9.34. The van der Waals surface area contributed by atoms with Gasteiger partial charge >= 0.3 is 0 Å². The summed E-state index contributed by atoms with van der Waals surface area (Å²) in [6.45, 7) is 8.19. The van der Waals surface area contributed by atoms with Crippen molar-refractivity contribution in [3.63, 3.8) is 0 Å². The summed E-state index contributed by atoms with van der Waals surface area (Å²) in [5.41, 5.74) is 0.899. The Morgan fingerprint density at radius 1 is 1.21 bits per heavy atom. The Labute approximate surface area is 147 Å². The minimum atomic E-state index is 0.120. The number of rotatable bonds is 8. The second kappa shape index (κ2) is 8.73. The van der Waals surface area contributed by atoms with Crippen molar-refractivity contribution in [2.24, 2.45) is 0 Å². The monoisotopic (exact) mass is 348 g/mol. The molecule has 0 radical (unpaired) electrons. The number of methoxy groups -OCH3 is 1. The van der Waals surface area contributed by atoms with Crippen LogP contribution in [0.5, 0.6) is 5.75 Å². The Morgan fingerprint density at radius 3 is 2.54 bits per heavy atom. The lowest BCUT2D eigenvalue weighted by Gasteiger charge is -2.18. The van der Waals surface area contributed by atoms with Gasteiger partial charge in [0.05, 0.1) is 18.4 Å². The van der Waals surface area contributed by atoms with E-state index in [4.69, 9.17) is 4.74 Å². The predicted molar refractivity (Wildman–Crippen MR) is 96.3 cm³/mol. The van der Waals surface area contributed by atoms with Crippen LogP contribution < -0.4 is 4.74 Å². The maximum Gasteiger partial charge on any atom is 0.233 e. The summed E-state index contributed by atoms with van der Waals surface area (Å²) in [6.07, 6.45) is 0. The van der Waals surface area contributed by atoms with Crippen molar-refractivity contribution >= 4 is 17.7 Å². The van der Waals surface area contributed by atoms with Crippen LogP contribution in [0.25, 0.3) is 11.4 Å². The Balaban J connectivity index is 2.22. The van der Waals surface area contributed by atoms with Crippen molar-refractivity contribution in [1.29, 1.82) is 0 Å². The van der Waals surface area contributed by atoms with E-state index in [1.54, 1.807) is 7.11 Å². The number of aromatic nitrogens is 3. The number of hydrogen-bond donors (Lipinski definition) is 0. The lowest BCUT2D eigenvalue weighted by atomic mass is 10.2. The first-order valence-electron chi connectivity index (χ1n) is 8.13. The lowest BCUT2D eigenvalue weighted by molar-refractivity contribution is -0.127. The van der Waals surface area contributed by atoms with Gasteiger partial charge in [-0.2, -0.15) is 0 Å². The van der Waals surface area contributed by atoms with Crippen LogP contribution in [0.15, 0.2) is 29.4 Å². The van der Waals surface area contributed by atoms with Crippen LogP contribution in [0, 0.1) is 0 Å². The Kier molecular flexibility index (Phi) is 6.66. The predicted octanol–water partition coefficient (Wildman–Crippen LogP) is 2.93. The van der Waals surface area contributed by atoms with E-state index in [-0.39, 0.29) is 5.91 Å². The van der Waals surface area contributed by atoms with Crippen molar-refractivity contribution < 1.29 is 9.53 Å². The molecule has 2 aromatic rings. The van der Waals surface area contributed by atoms with Gasteiger partial charge < -0.3 is 14.2 Å². The zero-order valence-corrected chi connectivity index (χ0v) is 15.5. The SMILES string of the molecule is CCN(CC)C(=O)CSc1nnc(-c2ccccc2OC)n1CC. The third-order valence-electron chi connectivity index (χ3n) is 3.82. The number of amides is 1. The molecular formula is C17H24N4O2S. The van der Waals surface area contributed by atoms with E-state index in [9.17, 15) is 4.79 Å². The van der Waals surface area contributed by atoms with Crippen LogP contribution in [0.1, 0.15) is 20.8 Å². The van der Waals surface area contributed by atoms with Gasteiger partial charge in [-0.1, -0.05) is 23.9 Å². The fourth-order valence-electron chi connectivity index (χ4n) is 2.50. The van der Waals surface area contributed by atoms with Crippen LogP contribution in [-0.4, -0.2) is 51.5 Å². The topological polar surface area (TPSA) is 60.3 Å². The summed E-state index contributed by atoms with van der Waals surface area (Å²) in [4.78, 5) is 14.0. The normalized spacial score (nSPS) is 10.7. The van der Waals surface area contributed by atoms with Gasteiger partial charge in [0.1, 0.15) is 5.75 Å². The van der Waals surface area contributed by atoms with Crippen molar-refractivity contribution in [2.45, 2.75) is 32.5 Å².